The molecular formula is C13H21N3O4S. The van der Waals surface area contributed by atoms with Gasteiger partial charge in [-0.2, -0.15) is 9.40 Å². The summed E-state index contributed by atoms with van der Waals surface area (Å²) >= 11 is 0. The Morgan fingerprint density at radius 1 is 1.43 bits per heavy atom. The Labute approximate surface area is 124 Å². The third-order valence-corrected chi connectivity index (χ3v) is 5.97. The molecule has 1 aliphatic rings. The van der Waals surface area contributed by atoms with Gasteiger partial charge in [0.25, 0.3) is 0 Å². The van der Waals surface area contributed by atoms with E-state index in [1.165, 1.54) is 8.99 Å². The van der Waals surface area contributed by atoms with Gasteiger partial charge in [-0.3, -0.25) is 9.48 Å². The number of aliphatic carboxylic acids is 1. The number of carboxylic acids is 1. The number of carbonyl (C=O) groups is 1. The van der Waals surface area contributed by atoms with E-state index < -0.39 is 16.0 Å². The maximum atomic E-state index is 12.8. The number of aryl methyl sites for hydroxylation is 2. The van der Waals surface area contributed by atoms with Gasteiger partial charge in [0.15, 0.2) is 0 Å². The van der Waals surface area contributed by atoms with Crippen LogP contribution in [0.15, 0.2) is 4.90 Å². The topological polar surface area (TPSA) is 92.5 Å². The van der Waals surface area contributed by atoms with E-state index in [4.69, 9.17) is 5.11 Å². The summed E-state index contributed by atoms with van der Waals surface area (Å²) < 4.78 is 28.6. The van der Waals surface area contributed by atoms with E-state index in [0.29, 0.717) is 17.9 Å². The fraction of sp³-hybridized carbons (Fsp3) is 0.692. The Morgan fingerprint density at radius 2 is 2.05 bits per heavy atom. The van der Waals surface area contributed by atoms with Crippen molar-refractivity contribution in [3.8, 4) is 0 Å². The summed E-state index contributed by atoms with van der Waals surface area (Å²) in [7, 11) is -3.56. The van der Waals surface area contributed by atoms with E-state index in [-0.39, 0.29) is 23.9 Å². The number of rotatable bonds is 7. The predicted octanol–water partition coefficient (Wildman–Crippen LogP) is 1.15. The molecule has 1 aromatic heterocycles. The van der Waals surface area contributed by atoms with Gasteiger partial charge < -0.3 is 5.11 Å². The quantitative estimate of drug-likeness (QED) is 0.814. The summed E-state index contributed by atoms with van der Waals surface area (Å²) in [5.74, 6) is -0.930. The van der Waals surface area contributed by atoms with Gasteiger partial charge >= 0.3 is 5.97 Å². The molecule has 1 saturated carbocycles. The largest absolute Gasteiger partial charge is 0.481 e. The lowest BCUT2D eigenvalue weighted by Crippen LogP contribution is -2.33. The Balaban J connectivity index is 2.36. The number of aromatic nitrogens is 2. The lowest BCUT2D eigenvalue weighted by atomic mass is 10.4. The number of sulfonamides is 1. The van der Waals surface area contributed by atoms with Crippen molar-refractivity contribution in [3.05, 3.63) is 11.4 Å². The first kappa shape index (κ1) is 16.0. The van der Waals surface area contributed by atoms with E-state index in [0.717, 1.165) is 12.8 Å². The number of nitrogens with zero attached hydrogens (tertiary/aromatic N) is 3. The van der Waals surface area contributed by atoms with Crippen molar-refractivity contribution < 1.29 is 18.3 Å². The molecule has 0 bridgehead atoms. The Hall–Kier alpha value is -1.41. The average molecular weight is 315 g/mol. The molecule has 0 aliphatic heterocycles. The van der Waals surface area contributed by atoms with Crippen LogP contribution in [0.4, 0.5) is 0 Å². The molecular weight excluding hydrogens is 294 g/mol. The molecule has 0 radical (unpaired) electrons. The van der Waals surface area contributed by atoms with Gasteiger partial charge in [0.1, 0.15) is 4.90 Å². The van der Waals surface area contributed by atoms with Crippen molar-refractivity contribution >= 4 is 16.0 Å². The lowest BCUT2D eigenvalue weighted by molar-refractivity contribution is -0.137. The summed E-state index contributed by atoms with van der Waals surface area (Å²) in [6, 6.07) is 0.0983. The molecule has 1 aromatic rings. The molecule has 21 heavy (non-hydrogen) atoms. The fourth-order valence-corrected chi connectivity index (χ4v) is 4.65. The first-order valence-corrected chi connectivity index (χ1v) is 8.50. The minimum Gasteiger partial charge on any atom is -0.481 e. The number of carboxylic acid groups (broad SMARTS) is 1. The predicted molar refractivity (Wildman–Crippen MR) is 76.5 cm³/mol. The van der Waals surface area contributed by atoms with E-state index >= 15 is 0 Å². The van der Waals surface area contributed by atoms with Crippen LogP contribution in [0.1, 0.15) is 37.6 Å². The highest BCUT2D eigenvalue weighted by Gasteiger charge is 2.39. The molecule has 1 heterocycles. The third-order valence-electron chi connectivity index (χ3n) is 3.69. The summed E-state index contributed by atoms with van der Waals surface area (Å²) in [5, 5.41) is 12.9. The maximum Gasteiger partial charge on any atom is 0.305 e. The highest BCUT2D eigenvalue weighted by molar-refractivity contribution is 7.89. The molecule has 0 atom stereocenters. The molecule has 0 unspecified atom stereocenters. The van der Waals surface area contributed by atoms with E-state index in [1.807, 2.05) is 6.92 Å². The van der Waals surface area contributed by atoms with Crippen LogP contribution in [0, 0.1) is 13.8 Å². The number of hydrogen-bond donors (Lipinski definition) is 1. The molecule has 1 aliphatic carbocycles. The Morgan fingerprint density at radius 3 is 2.52 bits per heavy atom. The molecule has 2 rings (SSSR count). The van der Waals surface area contributed by atoms with Crippen molar-refractivity contribution in [2.45, 2.75) is 57.5 Å². The van der Waals surface area contributed by atoms with E-state index in [2.05, 4.69) is 5.10 Å². The lowest BCUT2D eigenvalue weighted by Gasteiger charge is -2.20. The molecule has 0 spiro atoms. The van der Waals surface area contributed by atoms with Gasteiger partial charge in [0.2, 0.25) is 10.0 Å². The standard InChI is InChI=1S/C13H21N3O4S/c1-4-16(11-5-6-11)21(19,20)13-9(2)14-15(10(13)3)8-7-12(17)18/h11H,4-8H2,1-3H3,(H,17,18). The zero-order chi connectivity index (χ0) is 15.8. The van der Waals surface area contributed by atoms with Crippen molar-refractivity contribution in [2.24, 2.45) is 0 Å². The van der Waals surface area contributed by atoms with Crippen molar-refractivity contribution in [1.82, 2.24) is 14.1 Å². The van der Waals surface area contributed by atoms with Crippen LogP contribution < -0.4 is 0 Å². The monoisotopic (exact) mass is 315 g/mol. The summed E-state index contributed by atoms with van der Waals surface area (Å²) in [5.41, 5.74) is 0.935. The smallest absolute Gasteiger partial charge is 0.305 e. The number of hydrogen-bond acceptors (Lipinski definition) is 4. The second-order valence-electron chi connectivity index (χ2n) is 5.31. The minimum absolute atomic E-state index is 0.0818. The molecule has 1 fully saturated rings. The van der Waals surface area contributed by atoms with Gasteiger partial charge in [-0.1, -0.05) is 6.92 Å². The van der Waals surface area contributed by atoms with Crippen molar-refractivity contribution in [1.29, 1.82) is 0 Å². The zero-order valence-corrected chi connectivity index (χ0v) is 13.4. The van der Waals surface area contributed by atoms with Crippen LogP contribution in [0.5, 0.6) is 0 Å². The zero-order valence-electron chi connectivity index (χ0n) is 12.5. The highest BCUT2D eigenvalue weighted by Crippen LogP contribution is 2.33. The van der Waals surface area contributed by atoms with Crippen LogP contribution in [0.3, 0.4) is 0 Å². The van der Waals surface area contributed by atoms with Crippen LogP contribution in [0.25, 0.3) is 0 Å². The summed E-state index contributed by atoms with van der Waals surface area (Å²) in [6.45, 7) is 5.77. The van der Waals surface area contributed by atoms with Gasteiger partial charge in [0, 0.05) is 12.6 Å². The van der Waals surface area contributed by atoms with Crippen LogP contribution in [-0.2, 0) is 21.4 Å². The SMILES string of the molecule is CCN(C1CC1)S(=O)(=O)c1c(C)nn(CCC(=O)O)c1C. The van der Waals surface area contributed by atoms with Crippen molar-refractivity contribution in [3.63, 3.8) is 0 Å². The van der Waals surface area contributed by atoms with Gasteiger partial charge in [0.05, 0.1) is 24.4 Å². The Kier molecular flexibility index (Phi) is 4.38. The van der Waals surface area contributed by atoms with Crippen molar-refractivity contribution in [2.75, 3.05) is 6.54 Å². The van der Waals surface area contributed by atoms with E-state index in [1.54, 1.807) is 13.8 Å². The molecule has 0 amide bonds. The van der Waals surface area contributed by atoms with Gasteiger partial charge in [-0.15, -0.1) is 0 Å². The van der Waals surface area contributed by atoms with Crippen LogP contribution in [0.2, 0.25) is 0 Å². The molecule has 0 saturated heterocycles. The first-order chi connectivity index (χ1) is 9.78. The van der Waals surface area contributed by atoms with E-state index in [9.17, 15) is 13.2 Å². The second-order valence-corrected chi connectivity index (χ2v) is 7.13. The van der Waals surface area contributed by atoms with Crippen LogP contribution in [-0.4, -0.2) is 46.2 Å². The fourth-order valence-electron chi connectivity index (χ4n) is 2.58. The summed E-state index contributed by atoms with van der Waals surface area (Å²) in [6.07, 6.45) is 1.72. The highest BCUT2D eigenvalue weighted by atomic mass is 32.2. The normalized spacial score (nSPS) is 15.6. The molecule has 1 N–H and O–H groups in total. The molecule has 8 heteroatoms. The third kappa shape index (κ3) is 3.11. The second kappa shape index (κ2) is 5.76. The molecule has 7 nitrogen and oxygen atoms in total. The minimum atomic E-state index is -3.56. The molecule has 118 valence electrons. The van der Waals surface area contributed by atoms with Crippen LogP contribution >= 0.6 is 0 Å². The Bertz CT molecular complexity index is 647. The first-order valence-electron chi connectivity index (χ1n) is 7.06. The summed E-state index contributed by atoms with van der Waals surface area (Å²) in [4.78, 5) is 10.9. The average Bonchev–Trinajstić information content (AvgIpc) is 3.14. The maximum absolute atomic E-state index is 12.8. The molecule has 0 aromatic carbocycles. The van der Waals surface area contributed by atoms with Gasteiger partial charge in [-0.05, 0) is 26.7 Å². The van der Waals surface area contributed by atoms with Gasteiger partial charge in [-0.25, -0.2) is 8.42 Å².